The summed E-state index contributed by atoms with van der Waals surface area (Å²) in [5, 5.41) is 3.47. The van der Waals surface area contributed by atoms with Crippen LogP contribution in [0.1, 0.15) is 37.8 Å². The van der Waals surface area contributed by atoms with Crippen LogP contribution in [-0.4, -0.2) is 13.2 Å². The Labute approximate surface area is 181 Å². The number of aryl methyl sites for hydroxylation is 1. The van der Waals surface area contributed by atoms with Gasteiger partial charge in [0.25, 0.3) is 0 Å². The molecule has 3 aromatic rings. The molecule has 0 spiro atoms. The van der Waals surface area contributed by atoms with Crippen molar-refractivity contribution in [3.05, 3.63) is 90.0 Å². The minimum atomic E-state index is 0.664. The van der Waals surface area contributed by atoms with Gasteiger partial charge in [0, 0.05) is 18.3 Å². The van der Waals surface area contributed by atoms with Gasteiger partial charge in [0.15, 0.2) is 0 Å². The van der Waals surface area contributed by atoms with E-state index in [2.05, 4.69) is 73.8 Å². The van der Waals surface area contributed by atoms with Gasteiger partial charge in [-0.05, 0) is 60.6 Å². The van der Waals surface area contributed by atoms with Crippen LogP contribution in [0.2, 0.25) is 0 Å². The van der Waals surface area contributed by atoms with Crippen LogP contribution in [0.25, 0.3) is 0 Å². The summed E-state index contributed by atoms with van der Waals surface area (Å²) in [6.07, 6.45) is 3.12. The van der Waals surface area contributed by atoms with Crippen molar-refractivity contribution in [1.29, 1.82) is 0 Å². The summed E-state index contributed by atoms with van der Waals surface area (Å²) < 4.78 is 11.7. The van der Waals surface area contributed by atoms with Crippen molar-refractivity contribution in [2.75, 3.05) is 18.5 Å². The average Bonchev–Trinajstić information content (AvgIpc) is 2.77. The summed E-state index contributed by atoms with van der Waals surface area (Å²) in [5.74, 6) is 2.50. The topological polar surface area (TPSA) is 30.5 Å². The van der Waals surface area contributed by atoms with Crippen molar-refractivity contribution < 1.29 is 9.47 Å². The first-order chi connectivity index (χ1) is 14.7. The monoisotopic (exact) mass is 403 g/mol. The number of nitrogens with one attached hydrogen (secondary N) is 1. The van der Waals surface area contributed by atoms with Crippen molar-refractivity contribution >= 4 is 5.69 Å². The lowest BCUT2D eigenvalue weighted by Crippen LogP contribution is -2.03. The van der Waals surface area contributed by atoms with Gasteiger partial charge < -0.3 is 14.8 Å². The van der Waals surface area contributed by atoms with E-state index in [0.29, 0.717) is 5.92 Å². The lowest BCUT2D eigenvalue weighted by molar-refractivity contribution is 0.289. The van der Waals surface area contributed by atoms with Crippen LogP contribution in [0, 0.1) is 5.92 Å². The van der Waals surface area contributed by atoms with Gasteiger partial charge in [-0.2, -0.15) is 0 Å². The standard InChI is InChI=1S/C27H33NO2/c1-22(2)17-19-30-26-15-13-24(14-16-26)21-28-25-11-6-12-27(20-25)29-18-7-10-23-8-4-3-5-9-23/h3-6,8-9,11-16,20,22,28H,7,10,17-19,21H2,1-2H3. The average molecular weight is 404 g/mol. The van der Waals surface area contributed by atoms with Gasteiger partial charge in [-0.1, -0.05) is 62.4 Å². The normalized spacial score (nSPS) is 10.8. The predicted octanol–water partition coefficient (Wildman–Crippen LogP) is 6.74. The number of benzene rings is 3. The second-order valence-corrected chi connectivity index (χ2v) is 7.99. The summed E-state index contributed by atoms with van der Waals surface area (Å²) in [4.78, 5) is 0. The number of hydrogen-bond donors (Lipinski definition) is 1. The molecule has 3 heteroatoms. The van der Waals surface area contributed by atoms with Crippen molar-refractivity contribution in [3.8, 4) is 11.5 Å². The second-order valence-electron chi connectivity index (χ2n) is 7.99. The van der Waals surface area contributed by atoms with Gasteiger partial charge in [-0.3, -0.25) is 0 Å². The minimum absolute atomic E-state index is 0.664. The van der Waals surface area contributed by atoms with Crippen LogP contribution < -0.4 is 14.8 Å². The molecule has 0 atom stereocenters. The van der Waals surface area contributed by atoms with E-state index in [1.165, 1.54) is 11.1 Å². The summed E-state index contributed by atoms with van der Waals surface area (Å²) in [5.41, 5.74) is 3.64. The molecular formula is C27H33NO2. The molecule has 3 nitrogen and oxygen atoms in total. The Balaban J connectivity index is 1.40. The van der Waals surface area contributed by atoms with Crippen molar-refractivity contribution in [2.24, 2.45) is 5.92 Å². The largest absolute Gasteiger partial charge is 0.494 e. The van der Waals surface area contributed by atoms with Gasteiger partial charge in [0.05, 0.1) is 13.2 Å². The highest BCUT2D eigenvalue weighted by atomic mass is 16.5. The fourth-order valence-electron chi connectivity index (χ4n) is 3.13. The van der Waals surface area contributed by atoms with E-state index in [-0.39, 0.29) is 0 Å². The predicted molar refractivity (Wildman–Crippen MR) is 125 cm³/mol. The van der Waals surface area contributed by atoms with Crippen LogP contribution in [0.15, 0.2) is 78.9 Å². The zero-order valence-electron chi connectivity index (χ0n) is 18.1. The Kier molecular flexibility index (Phi) is 8.64. The molecule has 0 saturated heterocycles. The summed E-state index contributed by atoms with van der Waals surface area (Å²) in [7, 11) is 0. The molecule has 0 amide bonds. The maximum absolute atomic E-state index is 5.93. The fourth-order valence-corrected chi connectivity index (χ4v) is 3.13. The van der Waals surface area contributed by atoms with Crippen LogP contribution in [0.5, 0.6) is 11.5 Å². The van der Waals surface area contributed by atoms with E-state index in [9.17, 15) is 0 Å². The van der Waals surface area contributed by atoms with E-state index >= 15 is 0 Å². The zero-order valence-corrected chi connectivity index (χ0v) is 18.1. The Hall–Kier alpha value is -2.94. The number of rotatable bonds is 12. The molecule has 0 unspecified atom stereocenters. The second kappa shape index (κ2) is 11.9. The Morgan fingerprint density at radius 1 is 0.733 bits per heavy atom. The summed E-state index contributed by atoms with van der Waals surface area (Å²) in [6, 6.07) is 27.0. The molecule has 158 valence electrons. The third kappa shape index (κ3) is 7.82. The lowest BCUT2D eigenvalue weighted by Gasteiger charge is -2.11. The molecule has 0 heterocycles. The third-order valence-corrected chi connectivity index (χ3v) is 4.94. The molecule has 1 N–H and O–H groups in total. The van der Waals surface area contributed by atoms with Gasteiger partial charge in [0.2, 0.25) is 0 Å². The SMILES string of the molecule is CC(C)CCOc1ccc(CNc2cccc(OCCCc3ccccc3)c2)cc1. The van der Waals surface area contributed by atoms with Crippen LogP contribution in [0.3, 0.4) is 0 Å². The maximum atomic E-state index is 5.93. The van der Waals surface area contributed by atoms with E-state index in [4.69, 9.17) is 9.47 Å². The quantitative estimate of drug-likeness (QED) is 0.340. The van der Waals surface area contributed by atoms with E-state index in [1.807, 2.05) is 24.3 Å². The molecular weight excluding hydrogens is 370 g/mol. The third-order valence-electron chi connectivity index (χ3n) is 4.94. The zero-order chi connectivity index (χ0) is 21.0. The number of ether oxygens (including phenoxy) is 2. The van der Waals surface area contributed by atoms with Gasteiger partial charge >= 0.3 is 0 Å². The fraction of sp³-hybridized carbons (Fsp3) is 0.333. The highest BCUT2D eigenvalue weighted by Crippen LogP contribution is 2.19. The van der Waals surface area contributed by atoms with Crippen LogP contribution in [0.4, 0.5) is 5.69 Å². The van der Waals surface area contributed by atoms with Crippen molar-refractivity contribution in [2.45, 2.75) is 39.7 Å². The molecule has 0 aromatic heterocycles. The molecule has 3 aromatic carbocycles. The summed E-state index contributed by atoms with van der Waals surface area (Å²) >= 11 is 0. The first kappa shape index (κ1) is 21.8. The number of hydrogen-bond acceptors (Lipinski definition) is 3. The Morgan fingerprint density at radius 3 is 2.27 bits per heavy atom. The molecule has 0 saturated carbocycles. The van der Waals surface area contributed by atoms with Crippen LogP contribution in [-0.2, 0) is 13.0 Å². The molecule has 0 aliphatic rings. The van der Waals surface area contributed by atoms with Crippen LogP contribution >= 0.6 is 0 Å². The minimum Gasteiger partial charge on any atom is -0.494 e. The smallest absolute Gasteiger partial charge is 0.121 e. The maximum Gasteiger partial charge on any atom is 0.121 e. The van der Waals surface area contributed by atoms with E-state index < -0.39 is 0 Å². The molecule has 30 heavy (non-hydrogen) atoms. The van der Waals surface area contributed by atoms with Crippen molar-refractivity contribution in [3.63, 3.8) is 0 Å². The molecule has 0 aliphatic heterocycles. The molecule has 0 aliphatic carbocycles. The first-order valence-corrected chi connectivity index (χ1v) is 10.9. The lowest BCUT2D eigenvalue weighted by atomic mass is 10.1. The first-order valence-electron chi connectivity index (χ1n) is 10.9. The summed E-state index contributed by atoms with van der Waals surface area (Å²) in [6.45, 7) is 6.68. The van der Waals surface area contributed by atoms with Crippen molar-refractivity contribution in [1.82, 2.24) is 0 Å². The highest BCUT2D eigenvalue weighted by molar-refractivity contribution is 5.48. The number of anilines is 1. The molecule has 0 fully saturated rings. The molecule has 0 radical (unpaired) electrons. The van der Waals surface area contributed by atoms with Gasteiger partial charge in [-0.15, -0.1) is 0 Å². The highest BCUT2D eigenvalue weighted by Gasteiger charge is 2.01. The molecule has 3 rings (SSSR count). The Morgan fingerprint density at radius 2 is 1.50 bits per heavy atom. The Bertz CT molecular complexity index is 860. The van der Waals surface area contributed by atoms with Gasteiger partial charge in [-0.25, -0.2) is 0 Å². The molecule has 0 bridgehead atoms. The van der Waals surface area contributed by atoms with E-state index in [1.54, 1.807) is 0 Å². The van der Waals surface area contributed by atoms with E-state index in [0.717, 1.165) is 56.2 Å². The van der Waals surface area contributed by atoms with Gasteiger partial charge in [0.1, 0.15) is 11.5 Å².